The molecule has 24 heavy (non-hydrogen) atoms. The molecule has 0 bridgehead atoms. The van der Waals surface area contributed by atoms with Crippen molar-refractivity contribution < 1.29 is 23.6 Å². The Balaban J connectivity index is 2.25. The SMILES string of the molecule is COc1cc(NC(=O)Cc2ccc(F)cc2)c([N+](=O)[O-])cc1OC. The lowest BCUT2D eigenvalue weighted by Gasteiger charge is -2.11. The number of rotatable bonds is 6. The zero-order chi connectivity index (χ0) is 17.7. The van der Waals surface area contributed by atoms with E-state index in [1.807, 2.05) is 0 Å². The lowest BCUT2D eigenvalue weighted by molar-refractivity contribution is -0.384. The highest BCUT2D eigenvalue weighted by atomic mass is 19.1. The summed E-state index contributed by atoms with van der Waals surface area (Å²) < 4.78 is 23.0. The Bertz CT molecular complexity index is 762. The van der Waals surface area contributed by atoms with Crippen LogP contribution in [0.5, 0.6) is 11.5 Å². The number of nitro groups is 1. The Morgan fingerprint density at radius 1 is 1.17 bits per heavy atom. The van der Waals surface area contributed by atoms with E-state index in [2.05, 4.69) is 5.32 Å². The van der Waals surface area contributed by atoms with E-state index in [4.69, 9.17) is 9.47 Å². The van der Waals surface area contributed by atoms with E-state index in [1.165, 1.54) is 50.6 Å². The maximum atomic E-state index is 12.9. The van der Waals surface area contributed by atoms with Gasteiger partial charge < -0.3 is 14.8 Å². The number of anilines is 1. The van der Waals surface area contributed by atoms with Gasteiger partial charge in [0.2, 0.25) is 5.91 Å². The largest absolute Gasteiger partial charge is 0.493 e. The number of nitrogens with zero attached hydrogens (tertiary/aromatic N) is 1. The summed E-state index contributed by atoms with van der Waals surface area (Å²) in [7, 11) is 2.74. The highest BCUT2D eigenvalue weighted by Gasteiger charge is 2.21. The third-order valence-corrected chi connectivity index (χ3v) is 3.25. The number of hydrogen-bond acceptors (Lipinski definition) is 5. The molecule has 0 aliphatic heterocycles. The van der Waals surface area contributed by atoms with E-state index in [9.17, 15) is 19.3 Å². The minimum absolute atomic E-state index is 0.00948. The molecule has 0 saturated heterocycles. The molecular weight excluding hydrogens is 319 g/mol. The van der Waals surface area contributed by atoms with Crippen LogP contribution in [0.2, 0.25) is 0 Å². The molecule has 8 heteroatoms. The molecular formula is C16H15FN2O5. The van der Waals surface area contributed by atoms with Gasteiger partial charge in [-0.3, -0.25) is 14.9 Å². The number of nitrogens with one attached hydrogen (secondary N) is 1. The minimum Gasteiger partial charge on any atom is -0.493 e. The summed E-state index contributed by atoms with van der Waals surface area (Å²) in [5.74, 6) is -0.451. The van der Waals surface area contributed by atoms with E-state index >= 15 is 0 Å². The van der Waals surface area contributed by atoms with Crippen LogP contribution in [0.25, 0.3) is 0 Å². The second-order valence-corrected chi connectivity index (χ2v) is 4.83. The first kappa shape index (κ1) is 17.2. The van der Waals surface area contributed by atoms with Crippen molar-refractivity contribution in [3.8, 4) is 11.5 Å². The van der Waals surface area contributed by atoms with Crippen LogP contribution in [0.4, 0.5) is 15.8 Å². The first-order valence-corrected chi connectivity index (χ1v) is 6.89. The number of methoxy groups -OCH3 is 2. The first-order valence-electron chi connectivity index (χ1n) is 6.89. The third kappa shape index (κ3) is 3.97. The van der Waals surface area contributed by atoms with Gasteiger partial charge in [0, 0.05) is 6.07 Å². The zero-order valence-corrected chi connectivity index (χ0v) is 13.0. The van der Waals surface area contributed by atoms with Crippen molar-refractivity contribution >= 4 is 17.3 Å². The second kappa shape index (κ2) is 7.40. The summed E-state index contributed by atoms with van der Waals surface area (Å²) in [6, 6.07) is 7.91. The van der Waals surface area contributed by atoms with Gasteiger partial charge >= 0.3 is 0 Å². The average Bonchev–Trinajstić information content (AvgIpc) is 2.56. The van der Waals surface area contributed by atoms with Crippen molar-refractivity contribution in [2.45, 2.75) is 6.42 Å². The van der Waals surface area contributed by atoms with Crippen molar-refractivity contribution in [3.05, 3.63) is 57.9 Å². The van der Waals surface area contributed by atoms with Crippen LogP contribution >= 0.6 is 0 Å². The summed E-state index contributed by atoms with van der Waals surface area (Å²) in [4.78, 5) is 22.6. The molecule has 2 rings (SSSR count). The smallest absolute Gasteiger partial charge is 0.296 e. The number of benzene rings is 2. The van der Waals surface area contributed by atoms with E-state index in [0.29, 0.717) is 5.56 Å². The Morgan fingerprint density at radius 2 is 1.75 bits per heavy atom. The molecule has 0 aliphatic carbocycles. The number of ether oxygens (including phenoxy) is 2. The van der Waals surface area contributed by atoms with Crippen LogP contribution in [0.3, 0.4) is 0 Å². The van der Waals surface area contributed by atoms with Gasteiger partial charge in [-0.25, -0.2) is 4.39 Å². The van der Waals surface area contributed by atoms with E-state index < -0.39 is 16.6 Å². The molecule has 1 N–H and O–H groups in total. The maximum absolute atomic E-state index is 12.9. The normalized spacial score (nSPS) is 10.1. The summed E-state index contributed by atoms with van der Waals surface area (Å²) in [6.07, 6.45) is -0.0498. The van der Waals surface area contributed by atoms with Crippen molar-refractivity contribution in [2.24, 2.45) is 0 Å². The van der Waals surface area contributed by atoms with E-state index in [-0.39, 0.29) is 29.3 Å². The molecule has 2 aromatic carbocycles. The number of nitro benzene ring substituents is 1. The molecule has 0 aromatic heterocycles. The van der Waals surface area contributed by atoms with Crippen LogP contribution in [-0.2, 0) is 11.2 Å². The van der Waals surface area contributed by atoms with Gasteiger partial charge in [0.05, 0.1) is 31.6 Å². The molecule has 2 aromatic rings. The van der Waals surface area contributed by atoms with Crippen LogP contribution in [0.15, 0.2) is 36.4 Å². The van der Waals surface area contributed by atoms with Crippen LogP contribution in [-0.4, -0.2) is 25.1 Å². The average molecular weight is 334 g/mol. The number of amides is 1. The second-order valence-electron chi connectivity index (χ2n) is 4.83. The lowest BCUT2D eigenvalue weighted by Crippen LogP contribution is -2.15. The fourth-order valence-electron chi connectivity index (χ4n) is 2.10. The van der Waals surface area contributed by atoms with Gasteiger partial charge in [-0.05, 0) is 17.7 Å². The quantitative estimate of drug-likeness (QED) is 0.648. The predicted octanol–water partition coefficient (Wildman–Crippen LogP) is 2.93. The molecule has 0 atom stereocenters. The zero-order valence-electron chi connectivity index (χ0n) is 13.0. The highest BCUT2D eigenvalue weighted by molar-refractivity contribution is 5.95. The topological polar surface area (TPSA) is 90.7 Å². The Hall–Kier alpha value is -3.16. The molecule has 0 unspecified atom stereocenters. The number of carbonyl (C=O) groups excluding carboxylic acids is 1. The Morgan fingerprint density at radius 3 is 2.29 bits per heavy atom. The van der Waals surface area contributed by atoms with Gasteiger partial charge in [0.25, 0.3) is 5.69 Å². The summed E-state index contributed by atoms with van der Waals surface area (Å²) in [5.41, 5.74) is 0.252. The summed E-state index contributed by atoms with van der Waals surface area (Å²) >= 11 is 0. The molecule has 7 nitrogen and oxygen atoms in total. The third-order valence-electron chi connectivity index (χ3n) is 3.25. The van der Waals surface area contributed by atoms with E-state index in [1.54, 1.807) is 0 Å². The van der Waals surface area contributed by atoms with Gasteiger partial charge in [-0.1, -0.05) is 12.1 Å². The number of halogens is 1. The molecule has 126 valence electrons. The summed E-state index contributed by atoms with van der Waals surface area (Å²) in [5, 5.41) is 13.7. The van der Waals surface area contributed by atoms with Crippen LogP contribution < -0.4 is 14.8 Å². The summed E-state index contributed by atoms with van der Waals surface area (Å²) in [6.45, 7) is 0. The molecule has 0 heterocycles. The fraction of sp³-hybridized carbons (Fsp3) is 0.188. The van der Waals surface area contributed by atoms with Crippen molar-refractivity contribution in [3.63, 3.8) is 0 Å². The Kier molecular flexibility index (Phi) is 5.31. The molecule has 0 radical (unpaired) electrons. The van der Waals surface area contributed by atoms with Crippen LogP contribution in [0.1, 0.15) is 5.56 Å². The standard InChI is InChI=1S/C16H15FN2O5/c1-23-14-8-12(13(19(21)22)9-15(14)24-2)18-16(20)7-10-3-5-11(17)6-4-10/h3-6,8-9H,7H2,1-2H3,(H,18,20). The van der Waals surface area contributed by atoms with Crippen LogP contribution in [0, 0.1) is 15.9 Å². The number of carbonyl (C=O) groups is 1. The Labute approximate surface area is 137 Å². The fourth-order valence-corrected chi connectivity index (χ4v) is 2.10. The van der Waals surface area contributed by atoms with Gasteiger partial charge in [-0.2, -0.15) is 0 Å². The monoisotopic (exact) mass is 334 g/mol. The van der Waals surface area contributed by atoms with E-state index in [0.717, 1.165) is 0 Å². The highest BCUT2D eigenvalue weighted by Crippen LogP contribution is 2.37. The van der Waals surface area contributed by atoms with Gasteiger partial charge in [0.1, 0.15) is 11.5 Å². The minimum atomic E-state index is -0.629. The van der Waals surface area contributed by atoms with Crippen molar-refractivity contribution in [1.29, 1.82) is 0 Å². The van der Waals surface area contributed by atoms with Crippen molar-refractivity contribution in [1.82, 2.24) is 0 Å². The molecule has 0 spiro atoms. The maximum Gasteiger partial charge on any atom is 0.296 e. The molecule has 0 saturated carbocycles. The number of hydrogen-bond donors (Lipinski definition) is 1. The predicted molar refractivity (Wildman–Crippen MR) is 84.9 cm³/mol. The molecule has 1 amide bonds. The van der Waals surface area contributed by atoms with Gasteiger partial charge in [-0.15, -0.1) is 0 Å². The van der Waals surface area contributed by atoms with Gasteiger partial charge in [0.15, 0.2) is 11.5 Å². The lowest BCUT2D eigenvalue weighted by atomic mass is 10.1. The molecule has 0 fully saturated rings. The van der Waals surface area contributed by atoms with Crippen molar-refractivity contribution in [2.75, 3.05) is 19.5 Å². The molecule has 0 aliphatic rings. The first-order chi connectivity index (χ1) is 11.4.